The molecule has 0 radical (unpaired) electrons. The van der Waals surface area contributed by atoms with Gasteiger partial charge in [-0.2, -0.15) is 0 Å². The van der Waals surface area contributed by atoms with Crippen LogP contribution in [0.2, 0.25) is 0 Å². The highest BCUT2D eigenvalue weighted by Crippen LogP contribution is 2.23. The zero-order valence-corrected chi connectivity index (χ0v) is 11.0. The van der Waals surface area contributed by atoms with Crippen molar-refractivity contribution in [3.05, 3.63) is 0 Å². The van der Waals surface area contributed by atoms with E-state index in [1.54, 1.807) is 0 Å². The van der Waals surface area contributed by atoms with Crippen molar-refractivity contribution >= 4 is 0 Å². The number of likely N-dealkylation sites (tertiary alicyclic amines) is 1. The first kappa shape index (κ1) is 12.4. The van der Waals surface area contributed by atoms with Crippen LogP contribution in [0.1, 0.15) is 52.4 Å². The van der Waals surface area contributed by atoms with Gasteiger partial charge in [-0.05, 0) is 64.1 Å². The third-order valence-corrected chi connectivity index (χ3v) is 4.38. The molecule has 2 fully saturated rings. The largest absolute Gasteiger partial charge is 0.314 e. The average molecular weight is 224 g/mol. The summed E-state index contributed by atoms with van der Waals surface area (Å²) in [5.41, 5.74) is 0. The predicted octanol–water partition coefficient (Wildman–Crippen LogP) is 2.64. The van der Waals surface area contributed by atoms with E-state index in [1.807, 2.05) is 0 Å². The molecule has 0 spiro atoms. The monoisotopic (exact) mass is 224 g/mol. The lowest BCUT2D eigenvalue weighted by atomic mass is 9.94. The lowest BCUT2D eigenvalue weighted by molar-refractivity contribution is 0.125. The van der Waals surface area contributed by atoms with Gasteiger partial charge in [-0.25, -0.2) is 0 Å². The lowest BCUT2D eigenvalue weighted by Gasteiger charge is -2.37. The molecule has 1 saturated carbocycles. The lowest BCUT2D eigenvalue weighted by Crippen LogP contribution is -2.42. The van der Waals surface area contributed by atoms with Gasteiger partial charge in [0.05, 0.1) is 0 Å². The maximum atomic E-state index is 3.68. The van der Waals surface area contributed by atoms with Crippen molar-refractivity contribution < 1.29 is 0 Å². The Kier molecular flexibility index (Phi) is 4.66. The smallest absolute Gasteiger partial charge is 0.00900 e. The fraction of sp³-hybridized carbons (Fsp3) is 1.00. The Balaban J connectivity index is 1.64. The minimum atomic E-state index is 0.845. The van der Waals surface area contributed by atoms with Crippen molar-refractivity contribution in [2.24, 2.45) is 5.92 Å². The topological polar surface area (TPSA) is 15.3 Å². The standard InChI is InChI=1S/C14H28N2/c1-3-14(4-2)16-9-7-12(8-10-16)11-15-13-5-6-13/h12-15H,3-11H2,1-2H3. The first-order valence-corrected chi connectivity index (χ1v) is 7.30. The predicted molar refractivity (Wildman–Crippen MR) is 69.7 cm³/mol. The van der Waals surface area contributed by atoms with E-state index in [4.69, 9.17) is 0 Å². The van der Waals surface area contributed by atoms with Gasteiger partial charge in [-0.1, -0.05) is 13.8 Å². The maximum absolute atomic E-state index is 3.68. The molecule has 2 nitrogen and oxygen atoms in total. The highest BCUT2D eigenvalue weighted by molar-refractivity contribution is 4.84. The molecule has 1 aliphatic heterocycles. The summed E-state index contributed by atoms with van der Waals surface area (Å²) in [5, 5.41) is 3.68. The van der Waals surface area contributed by atoms with Gasteiger partial charge in [-0.3, -0.25) is 0 Å². The van der Waals surface area contributed by atoms with E-state index >= 15 is 0 Å². The Hall–Kier alpha value is -0.0800. The zero-order valence-electron chi connectivity index (χ0n) is 11.0. The Bertz CT molecular complexity index is 189. The second kappa shape index (κ2) is 6.02. The summed E-state index contributed by atoms with van der Waals surface area (Å²) >= 11 is 0. The van der Waals surface area contributed by atoms with Crippen molar-refractivity contribution in [3.8, 4) is 0 Å². The van der Waals surface area contributed by atoms with Crippen LogP contribution in [0.3, 0.4) is 0 Å². The zero-order chi connectivity index (χ0) is 11.4. The quantitative estimate of drug-likeness (QED) is 0.746. The number of hydrogen-bond donors (Lipinski definition) is 1. The molecule has 2 heteroatoms. The molecule has 2 aliphatic rings. The Morgan fingerprint density at radius 2 is 1.69 bits per heavy atom. The van der Waals surface area contributed by atoms with Gasteiger partial charge < -0.3 is 10.2 Å². The normalized spacial score (nSPS) is 24.2. The minimum absolute atomic E-state index is 0.845. The van der Waals surface area contributed by atoms with Crippen molar-refractivity contribution in [1.29, 1.82) is 0 Å². The van der Waals surface area contributed by atoms with Crippen LogP contribution in [0.4, 0.5) is 0 Å². The average Bonchev–Trinajstić information content (AvgIpc) is 3.13. The molecule has 0 aromatic rings. The van der Waals surface area contributed by atoms with Crippen LogP contribution in [-0.4, -0.2) is 36.6 Å². The molecule has 0 bridgehead atoms. The fourth-order valence-electron chi connectivity index (χ4n) is 2.95. The summed E-state index contributed by atoms with van der Waals surface area (Å²) in [7, 11) is 0. The Morgan fingerprint density at radius 3 is 2.19 bits per heavy atom. The molecule has 2 rings (SSSR count). The molecule has 0 atom stereocenters. The van der Waals surface area contributed by atoms with Crippen LogP contribution in [-0.2, 0) is 0 Å². The molecule has 1 saturated heterocycles. The molecular formula is C14H28N2. The molecule has 1 aliphatic carbocycles. The van der Waals surface area contributed by atoms with Crippen LogP contribution < -0.4 is 5.32 Å². The van der Waals surface area contributed by atoms with Crippen LogP contribution in [0.25, 0.3) is 0 Å². The second-order valence-corrected chi connectivity index (χ2v) is 5.63. The molecule has 0 unspecified atom stereocenters. The number of nitrogens with one attached hydrogen (secondary N) is 1. The minimum Gasteiger partial charge on any atom is -0.314 e. The summed E-state index contributed by atoms with van der Waals surface area (Å²) in [4.78, 5) is 2.72. The van der Waals surface area contributed by atoms with Gasteiger partial charge >= 0.3 is 0 Å². The van der Waals surface area contributed by atoms with Gasteiger partial charge in [-0.15, -0.1) is 0 Å². The van der Waals surface area contributed by atoms with Crippen LogP contribution in [0.5, 0.6) is 0 Å². The number of hydrogen-bond acceptors (Lipinski definition) is 2. The molecule has 94 valence electrons. The van der Waals surface area contributed by atoms with Crippen molar-refractivity contribution in [2.45, 2.75) is 64.5 Å². The van der Waals surface area contributed by atoms with Crippen molar-refractivity contribution in [1.82, 2.24) is 10.2 Å². The third-order valence-electron chi connectivity index (χ3n) is 4.38. The third kappa shape index (κ3) is 3.46. The number of nitrogens with zero attached hydrogens (tertiary/aromatic N) is 1. The van der Waals surface area contributed by atoms with E-state index in [0.29, 0.717) is 0 Å². The highest BCUT2D eigenvalue weighted by atomic mass is 15.2. The first-order chi connectivity index (χ1) is 7.83. The molecule has 16 heavy (non-hydrogen) atoms. The van der Waals surface area contributed by atoms with Crippen LogP contribution >= 0.6 is 0 Å². The van der Waals surface area contributed by atoms with Crippen LogP contribution in [0.15, 0.2) is 0 Å². The number of rotatable bonds is 6. The Labute approximate surface area is 101 Å². The molecule has 0 amide bonds. The molecule has 0 aromatic carbocycles. The van der Waals surface area contributed by atoms with E-state index in [1.165, 1.54) is 58.2 Å². The SMILES string of the molecule is CCC(CC)N1CCC(CNC2CC2)CC1. The van der Waals surface area contributed by atoms with Gasteiger partial charge in [0.2, 0.25) is 0 Å². The molecule has 0 aromatic heterocycles. The summed E-state index contributed by atoms with van der Waals surface area (Å²) < 4.78 is 0. The van der Waals surface area contributed by atoms with E-state index in [2.05, 4.69) is 24.1 Å². The highest BCUT2D eigenvalue weighted by Gasteiger charge is 2.25. The van der Waals surface area contributed by atoms with Crippen LogP contribution in [0, 0.1) is 5.92 Å². The molecule has 1 heterocycles. The van der Waals surface area contributed by atoms with Gasteiger partial charge in [0.15, 0.2) is 0 Å². The number of piperidine rings is 1. The summed E-state index contributed by atoms with van der Waals surface area (Å²) in [6.45, 7) is 8.61. The summed E-state index contributed by atoms with van der Waals surface area (Å²) in [6, 6.07) is 1.73. The van der Waals surface area contributed by atoms with Crippen molar-refractivity contribution in [2.75, 3.05) is 19.6 Å². The second-order valence-electron chi connectivity index (χ2n) is 5.63. The van der Waals surface area contributed by atoms with Gasteiger partial charge in [0.25, 0.3) is 0 Å². The van der Waals surface area contributed by atoms with E-state index < -0.39 is 0 Å². The molecular weight excluding hydrogens is 196 g/mol. The van der Waals surface area contributed by atoms with Crippen molar-refractivity contribution in [3.63, 3.8) is 0 Å². The van der Waals surface area contributed by atoms with E-state index in [9.17, 15) is 0 Å². The van der Waals surface area contributed by atoms with E-state index in [0.717, 1.165) is 18.0 Å². The summed E-state index contributed by atoms with van der Waals surface area (Å²) in [6.07, 6.45) is 8.31. The summed E-state index contributed by atoms with van der Waals surface area (Å²) in [5.74, 6) is 0.950. The maximum Gasteiger partial charge on any atom is 0.00900 e. The Morgan fingerprint density at radius 1 is 1.06 bits per heavy atom. The van der Waals surface area contributed by atoms with E-state index in [-0.39, 0.29) is 0 Å². The first-order valence-electron chi connectivity index (χ1n) is 7.30. The molecule has 1 N–H and O–H groups in total. The fourth-order valence-corrected chi connectivity index (χ4v) is 2.95. The van der Waals surface area contributed by atoms with Gasteiger partial charge in [0.1, 0.15) is 0 Å². The van der Waals surface area contributed by atoms with Gasteiger partial charge in [0, 0.05) is 12.1 Å².